The SMILES string of the molecule is O=C(CCc1c[nH]c2ccccc12)Nc1ccc(Nc2cccnc2)cc1.O=C(O)C(F)(F)F. The number of fused-ring (bicyclic) bond motifs is 1. The molecule has 0 saturated carbocycles. The number of aromatic amines is 1. The number of pyridine rings is 1. The van der Waals surface area contributed by atoms with E-state index in [1.54, 1.807) is 12.4 Å². The third-order valence-corrected chi connectivity index (χ3v) is 4.66. The molecule has 1 amide bonds. The molecule has 0 fully saturated rings. The Morgan fingerprint density at radius 3 is 2.26 bits per heavy atom. The lowest BCUT2D eigenvalue weighted by Crippen LogP contribution is -2.21. The van der Waals surface area contributed by atoms with Crippen LogP contribution in [0.3, 0.4) is 0 Å². The predicted octanol–water partition coefficient (Wildman–Crippen LogP) is 5.51. The first-order valence-electron chi connectivity index (χ1n) is 10.1. The minimum Gasteiger partial charge on any atom is -0.475 e. The number of hydrogen-bond acceptors (Lipinski definition) is 4. The highest BCUT2D eigenvalue weighted by molar-refractivity contribution is 5.91. The van der Waals surface area contributed by atoms with Crippen LogP contribution in [0.1, 0.15) is 12.0 Å². The van der Waals surface area contributed by atoms with Crippen molar-refractivity contribution < 1.29 is 27.9 Å². The van der Waals surface area contributed by atoms with Crippen LogP contribution in [0.5, 0.6) is 0 Å². The van der Waals surface area contributed by atoms with Gasteiger partial charge in [0, 0.05) is 41.1 Å². The second-order valence-electron chi connectivity index (χ2n) is 7.15. The second-order valence-corrected chi connectivity index (χ2v) is 7.15. The minimum atomic E-state index is -5.08. The van der Waals surface area contributed by atoms with E-state index in [9.17, 15) is 18.0 Å². The molecule has 0 aliphatic heterocycles. The van der Waals surface area contributed by atoms with Crippen LogP contribution in [0.2, 0.25) is 0 Å². The van der Waals surface area contributed by atoms with Crippen molar-refractivity contribution in [2.75, 3.05) is 10.6 Å². The van der Waals surface area contributed by atoms with Crippen molar-refractivity contribution in [2.24, 2.45) is 0 Å². The average molecular weight is 470 g/mol. The molecule has 0 aliphatic carbocycles. The summed E-state index contributed by atoms with van der Waals surface area (Å²) >= 11 is 0. The first-order chi connectivity index (χ1) is 16.2. The van der Waals surface area contributed by atoms with E-state index < -0.39 is 12.1 Å². The van der Waals surface area contributed by atoms with Crippen molar-refractivity contribution in [1.29, 1.82) is 0 Å². The summed E-state index contributed by atoms with van der Waals surface area (Å²) in [5.74, 6) is -2.75. The molecule has 176 valence electrons. The molecule has 4 N–H and O–H groups in total. The number of carbonyl (C=O) groups excluding carboxylic acids is 1. The number of hydrogen-bond donors (Lipinski definition) is 4. The summed E-state index contributed by atoms with van der Waals surface area (Å²) in [6, 6.07) is 19.6. The summed E-state index contributed by atoms with van der Waals surface area (Å²) in [7, 11) is 0. The van der Waals surface area contributed by atoms with E-state index in [0.717, 1.165) is 28.1 Å². The molecule has 4 rings (SSSR count). The smallest absolute Gasteiger partial charge is 0.475 e. The molecule has 0 bridgehead atoms. The van der Waals surface area contributed by atoms with Gasteiger partial charge < -0.3 is 20.7 Å². The Morgan fingerprint density at radius 1 is 0.941 bits per heavy atom. The molecule has 0 spiro atoms. The molecular formula is C24H21F3N4O3. The Kier molecular flexibility index (Phi) is 7.86. The Balaban J connectivity index is 0.000000406. The molecule has 0 atom stereocenters. The van der Waals surface area contributed by atoms with Crippen molar-refractivity contribution in [1.82, 2.24) is 9.97 Å². The Bertz CT molecular complexity index is 1240. The van der Waals surface area contributed by atoms with Crippen LogP contribution in [0, 0.1) is 0 Å². The number of aliphatic carboxylic acids is 1. The largest absolute Gasteiger partial charge is 0.490 e. The van der Waals surface area contributed by atoms with Gasteiger partial charge in [-0.15, -0.1) is 0 Å². The third kappa shape index (κ3) is 7.09. The predicted molar refractivity (Wildman–Crippen MR) is 123 cm³/mol. The molecule has 2 aromatic carbocycles. The van der Waals surface area contributed by atoms with E-state index in [0.29, 0.717) is 12.8 Å². The number of nitrogens with zero attached hydrogens (tertiary/aromatic N) is 1. The van der Waals surface area contributed by atoms with Crippen molar-refractivity contribution in [2.45, 2.75) is 19.0 Å². The molecule has 0 saturated heterocycles. The van der Waals surface area contributed by atoms with Crippen LogP contribution in [-0.2, 0) is 16.0 Å². The zero-order valence-corrected chi connectivity index (χ0v) is 17.8. The molecule has 34 heavy (non-hydrogen) atoms. The van der Waals surface area contributed by atoms with Gasteiger partial charge in [0.1, 0.15) is 0 Å². The number of alkyl halides is 3. The van der Waals surface area contributed by atoms with Crippen molar-refractivity contribution in [3.8, 4) is 0 Å². The van der Waals surface area contributed by atoms with Gasteiger partial charge in [0.25, 0.3) is 0 Å². The average Bonchev–Trinajstić information content (AvgIpc) is 3.23. The van der Waals surface area contributed by atoms with Crippen LogP contribution in [0.15, 0.2) is 79.3 Å². The first-order valence-corrected chi connectivity index (χ1v) is 10.1. The summed E-state index contributed by atoms with van der Waals surface area (Å²) in [6.45, 7) is 0. The van der Waals surface area contributed by atoms with Gasteiger partial charge >= 0.3 is 12.1 Å². The highest BCUT2D eigenvalue weighted by Gasteiger charge is 2.38. The Labute approximate surface area is 192 Å². The minimum absolute atomic E-state index is 0.00764. The maximum absolute atomic E-state index is 12.3. The lowest BCUT2D eigenvalue weighted by Gasteiger charge is -2.08. The molecule has 0 radical (unpaired) electrons. The van der Waals surface area contributed by atoms with E-state index in [1.165, 1.54) is 5.39 Å². The lowest BCUT2D eigenvalue weighted by atomic mass is 10.1. The quantitative estimate of drug-likeness (QED) is 0.297. The molecular weight excluding hydrogens is 449 g/mol. The molecule has 2 aromatic heterocycles. The number of amides is 1. The van der Waals surface area contributed by atoms with Gasteiger partial charge in [-0.1, -0.05) is 18.2 Å². The topological polar surface area (TPSA) is 107 Å². The van der Waals surface area contributed by atoms with Gasteiger partial charge in [0.05, 0.1) is 11.9 Å². The maximum Gasteiger partial charge on any atom is 0.490 e. The highest BCUT2D eigenvalue weighted by atomic mass is 19.4. The number of halogens is 3. The number of para-hydroxylation sites is 1. The van der Waals surface area contributed by atoms with E-state index in [2.05, 4.69) is 26.7 Å². The Hall–Kier alpha value is -4.34. The fourth-order valence-corrected chi connectivity index (χ4v) is 3.05. The zero-order valence-electron chi connectivity index (χ0n) is 17.8. The first kappa shape index (κ1) is 24.3. The number of carboxylic acid groups (broad SMARTS) is 1. The number of aromatic nitrogens is 2. The Morgan fingerprint density at radius 2 is 1.62 bits per heavy atom. The highest BCUT2D eigenvalue weighted by Crippen LogP contribution is 2.20. The fraction of sp³-hybridized carbons (Fsp3) is 0.125. The number of carboxylic acids is 1. The van der Waals surface area contributed by atoms with Crippen LogP contribution < -0.4 is 10.6 Å². The number of benzene rings is 2. The van der Waals surface area contributed by atoms with Crippen molar-refractivity contribution in [3.05, 3.63) is 84.8 Å². The normalized spacial score (nSPS) is 10.8. The standard InChI is InChI=1S/C22H20N4O.C2HF3O2/c27-22(12-7-16-14-24-21-6-2-1-5-20(16)21)26-18-10-8-17(9-11-18)25-19-4-3-13-23-15-19;3-2(4,5)1(6)7/h1-6,8-11,13-15,24-25H,7,12H2,(H,26,27);(H,6,7). The number of rotatable bonds is 6. The molecule has 7 nitrogen and oxygen atoms in total. The van der Waals surface area contributed by atoms with Gasteiger partial charge in [-0.25, -0.2) is 4.79 Å². The summed E-state index contributed by atoms with van der Waals surface area (Å²) in [5, 5.41) is 14.5. The number of aryl methyl sites for hydroxylation is 1. The second kappa shape index (κ2) is 11.0. The number of anilines is 3. The summed E-state index contributed by atoms with van der Waals surface area (Å²) in [6.07, 6.45) is 1.55. The molecule has 0 unspecified atom stereocenters. The van der Waals surface area contributed by atoms with Crippen molar-refractivity contribution in [3.63, 3.8) is 0 Å². The zero-order chi connectivity index (χ0) is 24.6. The fourth-order valence-electron chi connectivity index (χ4n) is 3.05. The van der Waals surface area contributed by atoms with Gasteiger partial charge in [0.15, 0.2) is 0 Å². The van der Waals surface area contributed by atoms with E-state index in [1.807, 2.05) is 60.8 Å². The summed E-state index contributed by atoms with van der Waals surface area (Å²) in [5.41, 5.74) is 4.92. The van der Waals surface area contributed by atoms with Gasteiger partial charge in [-0.3, -0.25) is 9.78 Å². The molecule has 4 aromatic rings. The van der Waals surface area contributed by atoms with Crippen LogP contribution in [0.4, 0.5) is 30.2 Å². The molecule has 10 heteroatoms. The van der Waals surface area contributed by atoms with E-state index >= 15 is 0 Å². The van der Waals surface area contributed by atoms with Crippen LogP contribution >= 0.6 is 0 Å². The van der Waals surface area contributed by atoms with Crippen LogP contribution in [0.25, 0.3) is 10.9 Å². The number of nitrogens with one attached hydrogen (secondary N) is 3. The lowest BCUT2D eigenvalue weighted by molar-refractivity contribution is -0.192. The van der Waals surface area contributed by atoms with E-state index in [4.69, 9.17) is 9.90 Å². The van der Waals surface area contributed by atoms with Gasteiger partial charge in [-0.05, 0) is 54.4 Å². The number of carbonyl (C=O) groups is 2. The van der Waals surface area contributed by atoms with Crippen molar-refractivity contribution >= 4 is 39.8 Å². The summed E-state index contributed by atoms with van der Waals surface area (Å²) < 4.78 is 31.7. The summed E-state index contributed by atoms with van der Waals surface area (Å²) in [4.78, 5) is 28.5. The molecule has 0 aliphatic rings. The monoisotopic (exact) mass is 470 g/mol. The maximum atomic E-state index is 12.3. The number of H-pyrrole nitrogens is 1. The third-order valence-electron chi connectivity index (χ3n) is 4.66. The molecule has 2 heterocycles. The van der Waals surface area contributed by atoms with Gasteiger partial charge in [0.2, 0.25) is 5.91 Å². The van der Waals surface area contributed by atoms with E-state index in [-0.39, 0.29) is 5.91 Å². The van der Waals surface area contributed by atoms with Crippen LogP contribution in [-0.4, -0.2) is 33.1 Å². The van der Waals surface area contributed by atoms with Gasteiger partial charge in [-0.2, -0.15) is 13.2 Å².